The average molecular weight is 648 g/mol. The lowest BCUT2D eigenvalue weighted by atomic mass is 10.1. The van der Waals surface area contributed by atoms with E-state index in [9.17, 15) is 38.7 Å². The minimum Gasteiger partial charge on any atom is -0.387 e. The SMILES string of the molecule is Nc1ccn(C2O[C@@H]3COP(=O)(O)N[C@@H]4[C@@H](COP(=O)(O)N[C@H]3[C@H]2O)OC(n2cnc3c(=O)[nH]c(N)nc32)[C@@H]4O)c(=O)n1. The number of aliphatic hydroxyl groups excluding tert-OH is 2. The number of aromatic amines is 1. The first-order valence-corrected chi connectivity index (χ1v) is 15.6. The molecular formula is C19H26N10O12P2. The van der Waals surface area contributed by atoms with Crippen molar-refractivity contribution in [3.63, 3.8) is 0 Å². The molecule has 3 fully saturated rings. The standard InChI is InChI=1S/C19H26N10O12P2/c20-8-1-2-28(19(33)23-8)16-12(30)9-6(40-16)3-38-43(36,37)27-10-7(4-39-42(34,35)26-9)41-17(13(10)31)29-5-22-11-14(29)24-18(21)25-15(11)32/h1-2,5-7,9-10,12-13,16-17,30-31H,3-4H2,(H2,20,23,33)(H2,26,34,35)(H2,27,36,37)(H3,21,24,25,32)/t6-,7-,9-,10-,12-,13-,16?,17?/m1/s1. The van der Waals surface area contributed by atoms with Gasteiger partial charge in [-0.05, 0) is 6.07 Å². The number of hydrogen-bond acceptors (Lipinski definition) is 15. The van der Waals surface area contributed by atoms with Crippen LogP contribution in [0.5, 0.6) is 0 Å². The summed E-state index contributed by atoms with van der Waals surface area (Å²) >= 11 is 0. The number of anilines is 2. The molecule has 0 bridgehead atoms. The van der Waals surface area contributed by atoms with Crippen LogP contribution in [0.4, 0.5) is 11.8 Å². The second kappa shape index (κ2) is 10.8. The first-order valence-electron chi connectivity index (χ1n) is 12.5. The number of rotatable bonds is 2. The number of imidazole rings is 1. The highest BCUT2D eigenvalue weighted by Crippen LogP contribution is 2.47. The molecule has 0 radical (unpaired) electrons. The van der Waals surface area contributed by atoms with Crippen molar-refractivity contribution in [1.29, 1.82) is 0 Å². The Hall–Kier alpha value is -3.11. The van der Waals surface area contributed by atoms with Crippen LogP contribution in [0.1, 0.15) is 12.5 Å². The van der Waals surface area contributed by atoms with Gasteiger partial charge in [0, 0.05) is 6.20 Å². The van der Waals surface area contributed by atoms with Crippen molar-refractivity contribution in [3.8, 4) is 0 Å². The fraction of sp³-hybridized carbons (Fsp3) is 0.526. The highest BCUT2D eigenvalue weighted by Gasteiger charge is 2.52. The van der Waals surface area contributed by atoms with Crippen molar-refractivity contribution in [2.75, 3.05) is 24.7 Å². The quantitative estimate of drug-likeness (QED) is 0.120. The first-order chi connectivity index (χ1) is 20.2. The van der Waals surface area contributed by atoms with Crippen molar-refractivity contribution >= 4 is 38.4 Å². The van der Waals surface area contributed by atoms with Gasteiger partial charge in [-0.3, -0.25) is 28.0 Å². The van der Waals surface area contributed by atoms with Gasteiger partial charge in [0.05, 0.1) is 31.6 Å². The van der Waals surface area contributed by atoms with Crippen LogP contribution in [-0.4, -0.2) is 98.8 Å². The van der Waals surface area contributed by atoms with E-state index < -0.39 is 88.9 Å². The Kier molecular flexibility index (Phi) is 7.52. The lowest BCUT2D eigenvalue weighted by Gasteiger charge is -2.29. The predicted octanol–water partition coefficient (Wildman–Crippen LogP) is -3.78. The van der Waals surface area contributed by atoms with Crippen LogP contribution >= 0.6 is 15.5 Å². The zero-order valence-corrected chi connectivity index (χ0v) is 23.4. The van der Waals surface area contributed by atoms with Gasteiger partial charge in [-0.25, -0.2) is 29.1 Å². The summed E-state index contributed by atoms with van der Waals surface area (Å²) in [6.07, 6.45) is -6.63. The molecule has 43 heavy (non-hydrogen) atoms. The van der Waals surface area contributed by atoms with Crippen molar-refractivity contribution in [1.82, 2.24) is 39.2 Å². The molecule has 0 aromatic carbocycles. The van der Waals surface area contributed by atoms with Crippen LogP contribution < -0.4 is 32.9 Å². The second-order valence-electron chi connectivity index (χ2n) is 9.87. The van der Waals surface area contributed by atoms with Crippen LogP contribution in [0.3, 0.4) is 0 Å². The molecule has 10 atom stereocenters. The molecule has 234 valence electrons. The van der Waals surface area contributed by atoms with Crippen LogP contribution in [0, 0.1) is 0 Å². The highest BCUT2D eigenvalue weighted by atomic mass is 31.2. The van der Waals surface area contributed by atoms with E-state index in [0.717, 1.165) is 15.5 Å². The van der Waals surface area contributed by atoms with E-state index in [1.807, 2.05) is 0 Å². The van der Waals surface area contributed by atoms with E-state index in [1.54, 1.807) is 0 Å². The molecule has 24 heteroatoms. The summed E-state index contributed by atoms with van der Waals surface area (Å²) < 4.78 is 50.1. The number of hydrogen-bond donors (Lipinski definition) is 9. The zero-order chi connectivity index (χ0) is 30.8. The Balaban J connectivity index is 1.28. The maximum atomic E-state index is 13.1. The topological polar surface area (TPSA) is 327 Å². The van der Waals surface area contributed by atoms with Gasteiger partial charge in [0.2, 0.25) is 5.95 Å². The molecule has 0 amide bonds. The normalized spacial score (nSPS) is 38.7. The molecule has 0 spiro atoms. The molecule has 0 aliphatic carbocycles. The lowest BCUT2D eigenvalue weighted by molar-refractivity contribution is -0.0517. The maximum Gasteiger partial charge on any atom is 0.403 e. The molecule has 6 rings (SSSR count). The van der Waals surface area contributed by atoms with Crippen molar-refractivity contribution in [2.24, 2.45) is 0 Å². The number of aromatic nitrogens is 6. The Morgan fingerprint density at radius 2 is 1.47 bits per heavy atom. The molecule has 3 aliphatic heterocycles. The number of ether oxygens (including phenoxy) is 2. The molecule has 11 N–H and O–H groups in total. The van der Waals surface area contributed by atoms with Crippen LogP contribution in [0.25, 0.3) is 11.2 Å². The molecule has 3 aliphatic rings. The van der Waals surface area contributed by atoms with E-state index >= 15 is 0 Å². The molecule has 3 saturated heterocycles. The summed E-state index contributed by atoms with van der Waals surface area (Å²) in [5.74, 6) is -0.357. The third-order valence-corrected chi connectivity index (χ3v) is 9.30. The van der Waals surface area contributed by atoms with Gasteiger partial charge in [0.25, 0.3) is 5.56 Å². The lowest BCUT2D eigenvalue weighted by Crippen LogP contribution is -2.48. The molecule has 22 nitrogen and oxygen atoms in total. The van der Waals surface area contributed by atoms with Crippen molar-refractivity contribution in [3.05, 3.63) is 39.4 Å². The summed E-state index contributed by atoms with van der Waals surface area (Å²) in [6.45, 7) is -1.49. The Labute approximate surface area is 238 Å². The zero-order valence-electron chi connectivity index (χ0n) is 21.6. The number of H-pyrrole nitrogens is 1. The molecule has 3 aromatic rings. The number of nitrogens with two attached hydrogens (primary N) is 2. The van der Waals surface area contributed by atoms with Gasteiger partial charge >= 0.3 is 21.2 Å². The molecular weight excluding hydrogens is 622 g/mol. The minimum atomic E-state index is -4.80. The smallest absolute Gasteiger partial charge is 0.387 e. The van der Waals surface area contributed by atoms with E-state index in [4.69, 9.17) is 30.0 Å². The number of nitrogens with zero attached hydrogens (tertiary/aromatic N) is 5. The minimum absolute atomic E-state index is 0.0783. The fourth-order valence-electron chi connectivity index (χ4n) is 5.10. The van der Waals surface area contributed by atoms with Gasteiger partial charge in [0.1, 0.15) is 30.2 Å². The van der Waals surface area contributed by atoms with Crippen LogP contribution in [-0.2, 0) is 27.7 Å². The summed E-state index contributed by atoms with van der Waals surface area (Å²) in [7, 11) is -9.60. The first kappa shape index (κ1) is 29.9. The van der Waals surface area contributed by atoms with Crippen LogP contribution in [0.15, 0.2) is 28.2 Å². The Bertz CT molecular complexity index is 1770. The summed E-state index contributed by atoms with van der Waals surface area (Å²) in [5.41, 5.74) is 9.34. The highest BCUT2D eigenvalue weighted by molar-refractivity contribution is 7.50. The summed E-state index contributed by atoms with van der Waals surface area (Å²) in [4.78, 5) is 59.5. The molecule has 3 aromatic heterocycles. The van der Waals surface area contributed by atoms with Gasteiger partial charge < -0.3 is 40.9 Å². The molecule has 4 unspecified atom stereocenters. The van der Waals surface area contributed by atoms with E-state index in [1.165, 1.54) is 12.3 Å². The predicted molar refractivity (Wildman–Crippen MR) is 141 cm³/mol. The van der Waals surface area contributed by atoms with Crippen molar-refractivity contribution in [2.45, 2.75) is 49.0 Å². The van der Waals surface area contributed by atoms with E-state index in [-0.39, 0.29) is 22.9 Å². The number of nitrogens with one attached hydrogen (secondary N) is 3. The molecule has 6 heterocycles. The van der Waals surface area contributed by atoms with E-state index in [0.29, 0.717) is 0 Å². The Morgan fingerprint density at radius 3 is 2.02 bits per heavy atom. The maximum absolute atomic E-state index is 13.1. The van der Waals surface area contributed by atoms with Gasteiger partial charge in [-0.15, -0.1) is 0 Å². The Morgan fingerprint density at radius 1 is 0.907 bits per heavy atom. The van der Waals surface area contributed by atoms with Gasteiger partial charge in [0.15, 0.2) is 23.6 Å². The fourth-order valence-corrected chi connectivity index (χ4v) is 7.34. The van der Waals surface area contributed by atoms with Crippen LogP contribution in [0.2, 0.25) is 0 Å². The third-order valence-electron chi connectivity index (χ3n) is 7.05. The summed E-state index contributed by atoms with van der Waals surface area (Å²) in [5, 5.41) is 26.6. The largest absolute Gasteiger partial charge is 0.403 e. The van der Waals surface area contributed by atoms with Crippen molar-refractivity contribution < 1.29 is 47.7 Å². The monoisotopic (exact) mass is 648 g/mol. The summed E-state index contributed by atoms with van der Waals surface area (Å²) in [6, 6.07) is -1.66. The number of nitrogen functional groups attached to an aromatic ring is 2. The molecule has 0 saturated carbocycles. The van der Waals surface area contributed by atoms with Gasteiger partial charge in [-0.1, -0.05) is 0 Å². The number of aliphatic hydroxyl groups is 2. The average Bonchev–Trinajstić information content (AvgIpc) is 3.56. The van der Waals surface area contributed by atoms with Gasteiger partial charge in [-0.2, -0.15) is 9.97 Å². The third kappa shape index (κ3) is 5.64. The van der Waals surface area contributed by atoms with E-state index in [2.05, 4.69) is 30.1 Å². The number of fused-ring (bicyclic) bond motifs is 3. The second-order valence-corrected chi connectivity index (χ2v) is 13.0.